The minimum atomic E-state index is -4.14. The second kappa shape index (κ2) is 8.56. The van der Waals surface area contributed by atoms with Crippen LogP contribution in [0.1, 0.15) is 37.3 Å². The van der Waals surface area contributed by atoms with E-state index >= 15 is 0 Å². The van der Waals surface area contributed by atoms with Gasteiger partial charge in [-0.1, -0.05) is 12.8 Å². The van der Waals surface area contributed by atoms with Crippen LogP contribution in [0.4, 0.5) is 8.78 Å². The highest BCUT2D eigenvalue weighted by Gasteiger charge is 2.26. The van der Waals surface area contributed by atoms with Crippen molar-refractivity contribution in [1.29, 1.82) is 0 Å². The average molecular weight is 401 g/mol. The summed E-state index contributed by atoms with van der Waals surface area (Å²) in [6.07, 6.45) is 4.50. The van der Waals surface area contributed by atoms with Crippen molar-refractivity contribution in [2.24, 2.45) is 0 Å². The fraction of sp³-hybridized carbons (Fsp3) is 0.444. The summed E-state index contributed by atoms with van der Waals surface area (Å²) in [6.45, 7) is 1.92. The molecule has 4 nitrogen and oxygen atoms in total. The molecule has 1 atom stereocenters. The zero-order valence-electron chi connectivity index (χ0n) is 14.3. The molecule has 0 aliphatic carbocycles. The Morgan fingerprint density at radius 1 is 1.12 bits per heavy atom. The lowest BCUT2D eigenvalue weighted by atomic mass is 10.1. The largest absolute Gasteiger partial charge is 0.295 e. The van der Waals surface area contributed by atoms with Crippen LogP contribution in [0.15, 0.2) is 39.9 Å². The molecule has 1 aliphatic heterocycles. The van der Waals surface area contributed by atoms with Gasteiger partial charge in [0.15, 0.2) is 0 Å². The van der Waals surface area contributed by atoms with Gasteiger partial charge in [0.25, 0.3) is 0 Å². The van der Waals surface area contributed by atoms with Crippen molar-refractivity contribution >= 4 is 21.4 Å². The Bertz CT molecular complexity index is 818. The summed E-state index contributed by atoms with van der Waals surface area (Å²) in [5, 5.41) is 3.97. The predicted octanol–water partition coefficient (Wildman–Crippen LogP) is 3.92. The standard InChI is InChI=1S/C18H22F2N2O2S2/c19-15-5-6-16(20)18(11-15)26(23,24)21-12-17(14-7-10-25-13-14)22-8-3-1-2-4-9-22/h5-7,10-11,13,17,21H,1-4,8-9,12H2. The number of thiophene rings is 1. The molecular formula is C18H22F2N2O2S2. The summed E-state index contributed by atoms with van der Waals surface area (Å²) in [4.78, 5) is 1.62. The van der Waals surface area contributed by atoms with Gasteiger partial charge in [0, 0.05) is 12.6 Å². The van der Waals surface area contributed by atoms with E-state index in [0.717, 1.165) is 43.6 Å². The lowest BCUT2D eigenvalue weighted by Gasteiger charge is -2.30. The number of rotatable bonds is 6. The first-order chi connectivity index (χ1) is 12.5. The first kappa shape index (κ1) is 19.4. The zero-order valence-corrected chi connectivity index (χ0v) is 16.0. The normalized spacial score (nSPS) is 17.8. The van der Waals surface area contributed by atoms with Gasteiger partial charge in [-0.2, -0.15) is 11.3 Å². The molecule has 0 saturated carbocycles. The number of benzene rings is 1. The molecule has 8 heteroatoms. The molecule has 142 valence electrons. The van der Waals surface area contributed by atoms with Gasteiger partial charge >= 0.3 is 0 Å². The maximum atomic E-state index is 13.9. The number of halogens is 2. The third kappa shape index (κ3) is 4.68. The molecule has 1 N–H and O–H groups in total. The van der Waals surface area contributed by atoms with Crippen LogP contribution >= 0.6 is 11.3 Å². The van der Waals surface area contributed by atoms with Crippen molar-refractivity contribution in [2.75, 3.05) is 19.6 Å². The van der Waals surface area contributed by atoms with Crippen molar-refractivity contribution in [3.8, 4) is 0 Å². The van der Waals surface area contributed by atoms with Crippen LogP contribution in [0.25, 0.3) is 0 Å². The smallest absolute Gasteiger partial charge is 0.243 e. The maximum Gasteiger partial charge on any atom is 0.243 e. The molecule has 0 spiro atoms. The summed E-state index contributed by atoms with van der Waals surface area (Å²) in [5.74, 6) is -1.74. The summed E-state index contributed by atoms with van der Waals surface area (Å²) in [6, 6.07) is 4.31. The van der Waals surface area contributed by atoms with Crippen LogP contribution in [-0.4, -0.2) is 33.0 Å². The van der Waals surface area contributed by atoms with Crippen molar-refractivity contribution in [3.05, 3.63) is 52.2 Å². The lowest BCUT2D eigenvalue weighted by molar-refractivity contribution is 0.206. The number of nitrogens with zero attached hydrogens (tertiary/aromatic N) is 1. The molecule has 2 heterocycles. The van der Waals surface area contributed by atoms with E-state index in [1.54, 1.807) is 11.3 Å². The maximum absolute atomic E-state index is 13.9. The highest BCUT2D eigenvalue weighted by atomic mass is 32.2. The van der Waals surface area contributed by atoms with E-state index in [0.29, 0.717) is 6.07 Å². The van der Waals surface area contributed by atoms with Gasteiger partial charge in [-0.3, -0.25) is 4.90 Å². The van der Waals surface area contributed by atoms with E-state index in [4.69, 9.17) is 0 Å². The van der Waals surface area contributed by atoms with Crippen LogP contribution in [0.3, 0.4) is 0 Å². The van der Waals surface area contributed by atoms with Gasteiger partial charge in [-0.25, -0.2) is 21.9 Å². The summed E-state index contributed by atoms with van der Waals surface area (Å²) in [5.41, 5.74) is 1.04. The average Bonchev–Trinajstić information content (AvgIpc) is 3.00. The van der Waals surface area contributed by atoms with Crippen molar-refractivity contribution in [3.63, 3.8) is 0 Å². The van der Waals surface area contributed by atoms with Gasteiger partial charge < -0.3 is 0 Å². The van der Waals surface area contributed by atoms with E-state index in [2.05, 4.69) is 9.62 Å². The minimum absolute atomic E-state index is 0.120. The quantitative estimate of drug-likeness (QED) is 0.800. The topological polar surface area (TPSA) is 49.4 Å². The van der Waals surface area contributed by atoms with Crippen molar-refractivity contribution < 1.29 is 17.2 Å². The first-order valence-corrected chi connectivity index (χ1v) is 11.1. The Kier molecular flexibility index (Phi) is 6.39. The van der Waals surface area contributed by atoms with Crippen LogP contribution in [0.2, 0.25) is 0 Å². The van der Waals surface area contributed by atoms with Crippen LogP contribution in [0.5, 0.6) is 0 Å². The van der Waals surface area contributed by atoms with Crippen LogP contribution in [0, 0.1) is 11.6 Å². The third-order valence-corrected chi connectivity index (χ3v) is 6.80. The number of sulfonamides is 1. The van der Waals surface area contributed by atoms with Crippen LogP contribution < -0.4 is 4.72 Å². The van der Waals surface area contributed by atoms with Crippen molar-refractivity contribution in [1.82, 2.24) is 9.62 Å². The molecule has 26 heavy (non-hydrogen) atoms. The Balaban J connectivity index is 1.79. The van der Waals surface area contributed by atoms with Crippen molar-refractivity contribution in [2.45, 2.75) is 36.6 Å². The number of hydrogen-bond acceptors (Lipinski definition) is 4. The first-order valence-electron chi connectivity index (χ1n) is 8.68. The molecule has 0 bridgehead atoms. The van der Waals surface area contributed by atoms with E-state index < -0.39 is 26.6 Å². The van der Waals surface area contributed by atoms with Gasteiger partial charge in [0.2, 0.25) is 10.0 Å². The highest BCUT2D eigenvalue weighted by Crippen LogP contribution is 2.26. The number of hydrogen-bond donors (Lipinski definition) is 1. The molecule has 1 aromatic heterocycles. The summed E-state index contributed by atoms with van der Waals surface area (Å²) in [7, 11) is -4.14. The summed E-state index contributed by atoms with van der Waals surface area (Å²) >= 11 is 1.56. The second-order valence-corrected chi connectivity index (χ2v) is 8.96. The molecule has 2 aromatic rings. The zero-order chi connectivity index (χ0) is 18.6. The van der Waals surface area contributed by atoms with Gasteiger partial charge in [0.1, 0.15) is 16.5 Å². The molecule has 1 aromatic carbocycles. The third-order valence-electron chi connectivity index (χ3n) is 4.66. The molecule has 1 fully saturated rings. The fourth-order valence-corrected chi connectivity index (χ4v) is 5.11. The SMILES string of the molecule is O=S(=O)(NCC(c1ccsc1)N1CCCCCC1)c1cc(F)ccc1F. The molecule has 1 unspecified atom stereocenters. The Morgan fingerprint density at radius 2 is 1.85 bits per heavy atom. The fourth-order valence-electron chi connectivity index (χ4n) is 3.28. The summed E-state index contributed by atoms with van der Waals surface area (Å²) < 4.78 is 54.7. The Morgan fingerprint density at radius 3 is 2.50 bits per heavy atom. The Hall–Kier alpha value is -1.35. The van der Waals surface area contributed by atoms with Crippen LogP contribution in [-0.2, 0) is 10.0 Å². The minimum Gasteiger partial charge on any atom is -0.295 e. The van der Waals surface area contributed by atoms with E-state index in [9.17, 15) is 17.2 Å². The number of likely N-dealkylation sites (tertiary alicyclic amines) is 1. The molecule has 1 aliphatic rings. The van der Waals surface area contributed by atoms with Gasteiger partial charge in [0.05, 0.1) is 0 Å². The highest BCUT2D eigenvalue weighted by molar-refractivity contribution is 7.89. The van der Waals surface area contributed by atoms with E-state index in [-0.39, 0.29) is 12.6 Å². The molecular weight excluding hydrogens is 378 g/mol. The molecule has 3 rings (SSSR count). The van der Waals surface area contributed by atoms with Gasteiger partial charge in [-0.05, 0) is 66.5 Å². The van der Waals surface area contributed by atoms with E-state index in [1.165, 1.54) is 12.8 Å². The van der Waals surface area contributed by atoms with E-state index in [1.807, 2.05) is 16.8 Å². The molecule has 1 saturated heterocycles. The second-order valence-electron chi connectivity index (χ2n) is 6.45. The predicted molar refractivity (Wildman–Crippen MR) is 98.6 cm³/mol. The monoisotopic (exact) mass is 400 g/mol. The molecule has 0 radical (unpaired) electrons. The number of nitrogens with one attached hydrogen (secondary N) is 1. The lowest BCUT2D eigenvalue weighted by Crippen LogP contribution is -2.38. The van der Waals surface area contributed by atoms with Gasteiger partial charge in [-0.15, -0.1) is 0 Å². The molecule has 0 amide bonds. The Labute approximate surface area is 156 Å².